The highest BCUT2D eigenvalue weighted by molar-refractivity contribution is 6.39. The average molecular weight is 280 g/mol. The molecule has 0 saturated carbocycles. The highest BCUT2D eigenvalue weighted by Crippen LogP contribution is 2.30. The van der Waals surface area contributed by atoms with E-state index < -0.39 is 5.82 Å². The Hall–Kier alpha value is -0.510. The van der Waals surface area contributed by atoms with Crippen LogP contribution in [0.25, 0.3) is 0 Å². The molecule has 0 unspecified atom stereocenters. The first kappa shape index (κ1) is 14.6. The topological polar surface area (TPSA) is 21.3 Å². The molecule has 96 valence electrons. The zero-order valence-corrected chi connectivity index (χ0v) is 11.2. The molecule has 0 aliphatic carbocycles. The van der Waals surface area contributed by atoms with Crippen LogP contribution in [-0.4, -0.2) is 19.8 Å². The molecule has 0 fully saturated rings. The molecular formula is C12H16Cl2FNO. The van der Waals surface area contributed by atoms with E-state index in [1.807, 2.05) is 0 Å². The summed E-state index contributed by atoms with van der Waals surface area (Å²) in [6.07, 6.45) is 2.17. The lowest BCUT2D eigenvalue weighted by atomic mass is 10.3. The van der Waals surface area contributed by atoms with Crippen molar-refractivity contribution in [2.45, 2.75) is 19.8 Å². The summed E-state index contributed by atoms with van der Waals surface area (Å²) in [4.78, 5) is 0. The molecule has 0 heterocycles. The van der Waals surface area contributed by atoms with E-state index >= 15 is 0 Å². The number of rotatable bonds is 7. The van der Waals surface area contributed by atoms with E-state index in [1.54, 1.807) is 0 Å². The number of ether oxygens (including phenoxy) is 1. The number of unbranched alkanes of at least 4 members (excludes halogenated alkanes) is 1. The van der Waals surface area contributed by atoms with E-state index in [9.17, 15) is 4.39 Å². The van der Waals surface area contributed by atoms with Gasteiger partial charge in [0.15, 0.2) is 0 Å². The summed E-state index contributed by atoms with van der Waals surface area (Å²) >= 11 is 11.7. The van der Waals surface area contributed by atoms with Crippen LogP contribution in [0.1, 0.15) is 19.8 Å². The molecule has 0 saturated heterocycles. The molecule has 0 atom stereocenters. The third-order valence-corrected chi connectivity index (χ3v) is 2.79. The fourth-order valence-corrected chi connectivity index (χ4v) is 1.90. The SMILES string of the molecule is CCCCOCCNc1c(Cl)cc(F)cc1Cl. The number of hydrogen-bond donors (Lipinski definition) is 1. The fourth-order valence-electron chi connectivity index (χ4n) is 1.31. The third kappa shape index (κ3) is 5.11. The van der Waals surface area contributed by atoms with Crippen molar-refractivity contribution < 1.29 is 9.13 Å². The van der Waals surface area contributed by atoms with Crippen molar-refractivity contribution in [1.82, 2.24) is 0 Å². The molecule has 0 bridgehead atoms. The summed E-state index contributed by atoms with van der Waals surface area (Å²) in [5.74, 6) is -0.440. The Balaban J connectivity index is 2.36. The van der Waals surface area contributed by atoms with Gasteiger partial charge in [-0.1, -0.05) is 36.5 Å². The maximum absolute atomic E-state index is 12.9. The predicted octanol–water partition coefficient (Wildman–Crippen LogP) is 4.36. The molecule has 0 aromatic heterocycles. The predicted molar refractivity (Wildman–Crippen MR) is 70.6 cm³/mol. The standard InChI is InChI=1S/C12H16Cl2FNO/c1-2-3-5-17-6-4-16-12-10(13)7-9(15)8-11(12)14/h7-8,16H,2-6H2,1H3. The van der Waals surface area contributed by atoms with Crippen molar-refractivity contribution in [3.05, 3.63) is 28.0 Å². The summed E-state index contributed by atoms with van der Waals surface area (Å²) in [5.41, 5.74) is 0.550. The van der Waals surface area contributed by atoms with Gasteiger partial charge in [-0.3, -0.25) is 0 Å². The molecule has 0 spiro atoms. The van der Waals surface area contributed by atoms with E-state index in [0.29, 0.717) is 18.8 Å². The fraction of sp³-hybridized carbons (Fsp3) is 0.500. The Morgan fingerprint density at radius 3 is 2.47 bits per heavy atom. The van der Waals surface area contributed by atoms with Gasteiger partial charge in [0.1, 0.15) is 5.82 Å². The van der Waals surface area contributed by atoms with Crippen LogP contribution in [0.4, 0.5) is 10.1 Å². The molecule has 17 heavy (non-hydrogen) atoms. The zero-order chi connectivity index (χ0) is 12.7. The minimum absolute atomic E-state index is 0.281. The monoisotopic (exact) mass is 279 g/mol. The lowest BCUT2D eigenvalue weighted by Crippen LogP contribution is -2.10. The Kier molecular flexibility index (Phi) is 6.63. The molecule has 0 radical (unpaired) electrons. The molecule has 1 N–H and O–H groups in total. The molecule has 2 nitrogen and oxygen atoms in total. The normalized spacial score (nSPS) is 10.6. The lowest BCUT2D eigenvalue weighted by Gasteiger charge is -2.10. The van der Waals surface area contributed by atoms with Crippen LogP contribution in [-0.2, 0) is 4.74 Å². The second kappa shape index (κ2) is 7.75. The quantitative estimate of drug-likeness (QED) is 0.749. The number of halogens is 3. The first-order chi connectivity index (χ1) is 8.15. The maximum atomic E-state index is 12.9. The van der Waals surface area contributed by atoms with Gasteiger partial charge in [-0.25, -0.2) is 4.39 Å². The average Bonchev–Trinajstić information content (AvgIpc) is 2.26. The van der Waals surface area contributed by atoms with Gasteiger partial charge < -0.3 is 10.1 Å². The van der Waals surface area contributed by atoms with E-state index in [-0.39, 0.29) is 10.0 Å². The number of nitrogens with one attached hydrogen (secondary N) is 1. The summed E-state index contributed by atoms with van der Waals surface area (Å²) < 4.78 is 18.3. The van der Waals surface area contributed by atoms with Crippen LogP contribution in [0.3, 0.4) is 0 Å². The maximum Gasteiger partial charge on any atom is 0.126 e. The summed E-state index contributed by atoms with van der Waals surface area (Å²) in [6, 6.07) is 2.46. The highest BCUT2D eigenvalue weighted by atomic mass is 35.5. The van der Waals surface area contributed by atoms with E-state index in [2.05, 4.69) is 12.2 Å². The Labute approximate surface area is 111 Å². The second-order valence-corrected chi connectivity index (χ2v) is 4.45. The van der Waals surface area contributed by atoms with E-state index in [0.717, 1.165) is 19.4 Å². The molecule has 1 aromatic carbocycles. The Morgan fingerprint density at radius 2 is 1.88 bits per heavy atom. The summed E-state index contributed by atoms with van der Waals surface area (Å²) in [7, 11) is 0. The molecule has 0 aliphatic heterocycles. The second-order valence-electron chi connectivity index (χ2n) is 3.64. The van der Waals surface area contributed by atoms with Gasteiger partial charge in [-0.2, -0.15) is 0 Å². The molecule has 5 heteroatoms. The molecule has 1 rings (SSSR count). The molecular weight excluding hydrogens is 264 g/mol. The first-order valence-corrected chi connectivity index (χ1v) is 6.37. The van der Waals surface area contributed by atoms with Crippen molar-refractivity contribution in [2.24, 2.45) is 0 Å². The van der Waals surface area contributed by atoms with Crippen LogP contribution >= 0.6 is 23.2 Å². The van der Waals surface area contributed by atoms with Crippen LogP contribution in [0.2, 0.25) is 10.0 Å². The van der Waals surface area contributed by atoms with Gasteiger partial charge in [0.25, 0.3) is 0 Å². The van der Waals surface area contributed by atoms with Gasteiger partial charge in [0.2, 0.25) is 0 Å². The van der Waals surface area contributed by atoms with E-state index in [4.69, 9.17) is 27.9 Å². The Bertz CT molecular complexity index is 337. The minimum Gasteiger partial charge on any atom is -0.380 e. The minimum atomic E-state index is -0.440. The van der Waals surface area contributed by atoms with E-state index in [1.165, 1.54) is 12.1 Å². The smallest absolute Gasteiger partial charge is 0.126 e. The first-order valence-electron chi connectivity index (χ1n) is 5.61. The van der Waals surface area contributed by atoms with Crippen LogP contribution in [0.15, 0.2) is 12.1 Å². The van der Waals surface area contributed by atoms with Gasteiger partial charge in [-0.15, -0.1) is 0 Å². The van der Waals surface area contributed by atoms with Gasteiger partial charge in [0, 0.05) is 13.2 Å². The van der Waals surface area contributed by atoms with Crippen LogP contribution in [0.5, 0.6) is 0 Å². The lowest BCUT2D eigenvalue weighted by molar-refractivity contribution is 0.141. The van der Waals surface area contributed by atoms with Crippen LogP contribution in [0, 0.1) is 5.82 Å². The van der Waals surface area contributed by atoms with Crippen molar-refractivity contribution in [2.75, 3.05) is 25.1 Å². The highest BCUT2D eigenvalue weighted by Gasteiger charge is 2.07. The van der Waals surface area contributed by atoms with Crippen molar-refractivity contribution >= 4 is 28.9 Å². The summed E-state index contributed by atoms with van der Waals surface area (Å²) in [6.45, 7) is 4.03. The van der Waals surface area contributed by atoms with Crippen molar-refractivity contribution in [1.29, 1.82) is 0 Å². The van der Waals surface area contributed by atoms with Crippen LogP contribution < -0.4 is 5.32 Å². The van der Waals surface area contributed by atoms with Crippen molar-refractivity contribution in [3.63, 3.8) is 0 Å². The number of hydrogen-bond acceptors (Lipinski definition) is 2. The third-order valence-electron chi connectivity index (χ3n) is 2.20. The largest absolute Gasteiger partial charge is 0.380 e. The van der Waals surface area contributed by atoms with Gasteiger partial charge in [0.05, 0.1) is 22.3 Å². The van der Waals surface area contributed by atoms with Gasteiger partial charge >= 0.3 is 0 Å². The Morgan fingerprint density at radius 1 is 1.24 bits per heavy atom. The zero-order valence-electron chi connectivity index (χ0n) is 9.73. The molecule has 0 amide bonds. The van der Waals surface area contributed by atoms with Gasteiger partial charge in [-0.05, 0) is 18.6 Å². The molecule has 1 aromatic rings. The van der Waals surface area contributed by atoms with Crippen molar-refractivity contribution in [3.8, 4) is 0 Å². The number of anilines is 1. The molecule has 0 aliphatic rings. The number of benzene rings is 1. The summed E-state index contributed by atoms with van der Waals surface area (Å²) in [5, 5.41) is 3.59.